The maximum Gasteiger partial charge on any atom is 0.261 e. The highest BCUT2D eigenvalue weighted by molar-refractivity contribution is 7.92. The number of anilines is 1. The molecule has 5 aromatic rings. The fourth-order valence-corrected chi connectivity index (χ4v) is 4.65. The van der Waals surface area contributed by atoms with E-state index in [0.717, 1.165) is 16.5 Å². The van der Waals surface area contributed by atoms with Crippen molar-refractivity contribution in [2.45, 2.75) is 11.8 Å². The van der Waals surface area contributed by atoms with Gasteiger partial charge in [-0.3, -0.25) is 4.72 Å². The minimum atomic E-state index is -3.76. The fraction of sp³-hybridized carbons (Fsp3) is 0.0455. The van der Waals surface area contributed by atoms with Gasteiger partial charge < -0.3 is 0 Å². The third-order valence-electron chi connectivity index (χ3n) is 4.95. The summed E-state index contributed by atoms with van der Waals surface area (Å²) in [5.41, 5.74) is 2.58. The molecule has 154 valence electrons. The first-order valence-electron chi connectivity index (χ1n) is 9.42. The maximum atomic E-state index is 12.7. The van der Waals surface area contributed by atoms with Crippen LogP contribution in [0.2, 0.25) is 5.02 Å². The first-order chi connectivity index (χ1) is 14.9. The van der Waals surface area contributed by atoms with Crippen molar-refractivity contribution in [2.75, 3.05) is 4.72 Å². The standard InChI is InChI=1S/C22H16ClN5O2S/c1-14-19-7-2-3-8-20(19)22-25-24-21(28(22)26-14)15-5-4-6-17(13-15)27-31(29,30)18-11-9-16(23)10-12-18/h2-13,27H,1H3. The van der Waals surface area contributed by atoms with E-state index in [1.165, 1.54) is 24.3 Å². The molecular formula is C22H16ClN5O2S. The second kappa shape index (κ2) is 7.33. The minimum absolute atomic E-state index is 0.124. The number of rotatable bonds is 4. The van der Waals surface area contributed by atoms with Gasteiger partial charge in [-0.2, -0.15) is 9.61 Å². The molecule has 0 aliphatic carbocycles. The normalized spacial score (nSPS) is 11.8. The highest BCUT2D eigenvalue weighted by Gasteiger charge is 2.17. The molecule has 0 spiro atoms. The average Bonchev–Trinajstić information content (AvgIpc) is 3.18. The molecule has 1 N–H and O–H groups in total. The van der Waals surface area contributed by atoms with Crippen LogP contribution in [0, 0.1) is 6.92 Å². The number of sulfonamides is 1. The third-order valence-corrected chi connectivity index (χ3v) is 6.59. The smallest absolute Gasteiger partial charge is 0.261 e. The predicted molar refractivity (Wildman–Crippen MR) is 121 cm³/mol. The SMILES string of the molecule is Cc1nn2c(-c3cccc(NS(=O)(=O)c4ccc(Cl)cc4)c3)nnc2c2ccccc12. The topological polar surface area (TPSA) is 89.2 Å². The Kier molecular flexibility index (Phi) is 4.60. The molecule has 0 amide bonds. The predicted octanol–water partition coefficient (Wildman–Crippen LogP) is 4.71. The number of hydrogen-bond acceptors (Lipinski definition) is 5. The monoisotopic (exact) mass is 449 g/mol. The quantitative estimate of drug-likeness (QED) is 0.429. The number of halogens is 1. The first-order valence-corrected chi connectivity index (χ1v) is 11.3. The maximum absolute atomic E-state index is 12.7. The summed E-state index contributed by atoms with van der Waals surface area (Å²) in [4.78, 5) is 0.124. The van der Waals surface area contributed by atoms with E-state index in [1.807, 2.05) is 37.3 Å². The van der Waals surface area contributed by atoms with E-state index in [-0.39, 0.29) is 4.90 Å². The fourth-order valence-electron chi connectivity index (χ4n) is 3.47. The van der Waals surface area contributed by atoms with Crippen LogP contribution in [0.15, 0.2) is 77.7 Å². The van der Waals surface area contributed by atoms with Gasteiger partial charge in [0, 0.05) is 27.0 Å². The lowest BCUT2D eigenvalue weighted by atomic mass is 10.1. The molecule has 9 heteroatoms. The van der Waals surface area contributed by atoms with Gasteiger partial charge in [0.25, 0.3) is 10.0 Å². The summed E-state index contributed by atoms with van der Waals surface area (Å²) in [7, 11) is -3.76. The van der Waals surface area contributed by atoms with E-state index in [2.05, 4.69) is 20.0 Å². The summed E-state index contributed by atoms with van der Waals surface area (Å²) < 4.78 is 29.7. The lowest BCUT2D eigenvalue weighted by molar-refractivity contribution is 0.601. The molecule has 0 atom stereocenters. The summed E-state index contributed by atoms with van der Waals surface area (Å²) in [5.74, 6) is 0.524. The van der Waals surface area contributed by atoms with Gasteiger partial charge in [0.1, 0.15) is 0 Å². The molecule has 31 heavy (non-hydrogen) atoms. The van der Waals surface area contributed by atoms with Crippen molar-refractivity contribution in [3.63, 3.8) is 0 Å². The highest BCUT2D eigenvalue weighted by atomic mass is 35.5. The molecule has 0 unspecified atom stereocenters. The van der Waals surface area contributed by atoms with E-state index in [4.69, 9.17) is 11.6 Å². The van der Waals surface area contributed by atoms with Crippen LogP contribution < -0.4 is 4.72 Å². The zero-order chi connectivity index (χ0) is 21.6. The number of aromatic nitrogens is 4. The Morgan fingerprint density at radius 1 is 0.903 bits per heavy atom. The molecule has 2 heterocycles. The summed E-state index contributed by atoms with van der Waals surface area (Å²) in [6.45, 7) is 1.93. The molecule has 3 aromatic carbocycles. The van der Waals surface area contributed by atoms with Crippen LogP contribution in [0.4, 0.5) is 5.69 Å². The van der Waals surface area contributed by atoms with E-state index in [0.29, 0.717) is 27.7 Å². The van der Waals surface area contributed by atoms with Gasteiger partial charge in [0.2, 0.25) is 0 Å². The summed E-state index contributed by atoms with van der Waals surface area (Å²) >= 11 is 5.86. The van der Waals surface area contributed by atoms with Gasteiger partial charge in [0.15, 0.2) is 11.5 Å². The second-order valence-electron chi connectivity index (χ2n) is 7.03. The van der Waals surface area contributed by atoms with E-state index in [9.17, 15) is 8.42 Å². The summed E-state index contributed by atoms with van der Waals surface area (Å²) in [6.07, 6.45) is 0. The van der Waals surface area contributed by atoms with Crippen LogP contribution in [-0.4, -0.2) is 28.2 Å². The van der Waals surface area contributed by atoms with Crippen LogP contribution in [0.25, 0.3) is 27.8 Å². The molecule has 0 aliphatic rings. The first kappa shape index (κ1) is 19.5. The van der Waals surface area contributed by atoms with Crippen molar-refractivity contribution in [1.29, 1.82) is 0 Å². The van der Waals surface area contributed by atoms with Crippen molar-refractivity contribution in [1.82, 2.24) is 19.8 Å². The van der Waals surface area contributed by atoms with Crippen molar-refractivity contribution in [3.05, 3.63) is 83.5 Å². The van der Waals surface area contributed by atoms with Crippen molar-refractivity contribution < 1.29 is 8.42 Å². The largest absolute Gasteiger partial charge is 0.280 e. The Morgan fingerprint density at radius 3 is 2.42 bits per heavy atom. The molecule has 7 nitrogen and oxygen atoms in total. The van der Waals surface area contributed by atoms with Crippen LogP contribution in [0.1, 0.15) is 5.69 Å². The van der Waals surface area contributed by atoms with Gasteiger partial charge in [0.05, 0.1) is 10.6 Å². The lowest BCUT2D eigenvalue weighted by Crippen LogP contribution is -2.12. The zero-order valence-corrected chi connectivity index (χ0v) is 17.9. The number of nitrogens with one attached hydrogen (secondary N) is 1. The van der Waals surface area contributed by atoms with Crippen molar-refractivity contribution in [3.8, 4) is 11.4 Å². The Labute approximate surface area is 183 Å². The molecule has 5 rings (SSSR count). The van der Waals surface area contributed by atoms with Gasteiger partial charge in [-0.25, -0.2) is 8.42 Å². The number of fused-ring (bicyclic) bond motifs is 3. The Bertz CT molecular complexity index is 1550. The number of hydrogen-bond donors (Lipinski definition) is 1. The molecule has 0 bridgehead atoms. The van der Waals surface area contributed by atoms with E-state index in [1.54, 1.807) is 22.7 Å². The molecular weight excluding hydrogens is 434 g/mol. The summed E-state index contributed by atoms with van der Waals surface area (Å²) in [6, 6.07) is 20.8. The number of nitrogens with zero attached hydrogens (tertiary/aromatic N) is 4. The van der Waals surface area contributed by atoms with Gasteiger partial charge >= 0.3 is 0 Å². The molecule has 0 saturated carbocycles. The summed E-state index contributed by atoms with van der Waals surface area (Å²) in [5, 5.41) is 15.7. The van der Waals surface area contributed by atoms with Crippen LogP contribution in [-0.2, 0) is 10.0 Å². The van der Waals surface area contributed by atoms with Crippen LogP contribution in [0.3, 0.4) is 0 Å². The molecule has 0 fully saturated rings. The van der Waals surface area contributed by atoms with E-state index >= 15 is 0 Å². The Morgan fingerprint density at radius 2 is 1.65 bits per heavy atom. The molecule has 0 saturated heterocycles. The zero-order valence-electron chi connectivity index (χ0n) is 16.3. The lowest BCUT2D eigenvalue weighted by Gasteiger charge is -2.09. The number of benzene rings is 3. The third kappa shape index (κ3) is 3.49. The van der Waals surface area contributed by atoms with Crippen molar-refractivity contribution in [2.24, 2.45) is 0 Å². The Hall–Kier alpha value is -3.49. The van der Waals surface area contributed by atoms with Gasteiger partial charge in [-0.15, -0.1) is 10.2 Å². The molecule has 0 radical (unpaired) electrons. The molecule has 2 aromatic heterocycles. The van der Waals surface area contributed by atoms with Crippen LogP contribution >= 0.6 is 11.6 Å². The second-order valence-corrected chi connectivity index (χ2v) is 9.15. The van der Waals surface area contributed by atoms with Crippen molar-refractivity contribution >= 4 is 43.7 Å². The van der Waals surface area contributed by atoms with Gasteiger partial charge in [-0.1, -0.05) is 48.0 Å². The van der Waals surface area contributed by atoms with Gasteiger partial charge in [-0.05, 0) is 43.3 Å². The van der Waals surface area contributed by atoms with Crippen LogP contribution in [0.5, 0.6) is 0 Å². The molecule has 0 aliphatic heterocycles. The average molecular weight is 450 g/mol. The Balaban J connectivity index is 1.56. The minimum Gasteiger partial charge on any atom is -0.280 e. The van der Waals surface area contributed by atoms with E-state index < -0.39 is 10.0 Å². The number of aryl methyl sites for hydroxylation is 1. The highest BCUT2D eigenvalue weighted by Crippen LogP contribution is 2.27.